The van der Waals surface area contributed by atoms with E-state index in [0.29, 0.717) is 0 Å². The maximum atomic E-state index is 13.2. The summed E-state index contributed by atoms with van der Waals surface area (Å²) in [7, 11) is 0. The Morgan fingerprint density at radius 3 is 2.75 bits per heavy atom. The third kappa shape index (κ3) is 2.48. The van der Waals surface area contributed by atoms with Crippen molar-refractivity contribution < 1.29 is 9.13 Å². The van der Waals surface area contributed by atoms with E-state index in [1.807, 2.05) is 0 Å². The smallest absolute Gasteiger partial charge is 0.250 e. The van der Waals surface area contributed by atoms with Gasteiger partial charge >= 0.3 is 0 Å². The average Bonchev–Trinajstić information content (AvgIpc) is 2.33. The van der Waals surface area contributed by atoms with Gasteiger partial charge in [0.1, 0.15) is 6.10 Å². The van der Waals surface area contributed by atoms with Crippen LogP contribution in [0.3, 0.4) is 0 Å². The lowest BCUT2D eigenvalue weighted by Gasteiger charge is -2.25. The minimum absolute atomic E-state index is 0.00556. The van der Waals surface area contributed by atoms with Gasteiger partial charge in [0.2, 0.25) is 0 Å². The van der Waals surface area contributed by atoms with Gasteiger partial charge in [0.05, 0.1) is 6.07 Å². The van der Waals surface area contributed by atoms with Crippen LogP contribution in [0.1, 0.15) is 25.7 Å². The molecule has 0 saturated heterocycles. The number of hydrogen-bond donors (Lipinski definition) is 0. The number of halogens is 1. The van der Waals surface area contributed by atoms with Crippen LogP contribution in [0, 0.1) is 23.1 Å². The standard InChI is InChI=1S/C12H13FN2O/c13-11-2-1-7-15-12(11)16-10-5-3-9(8-14)4-6-10/h1-2,7,9-10H,3-6H2. The third-order valence-electron chi connectivity index (χ3n) is 2.86. The maximum Gasteiger partial charge on any atom is 0.250 e. The molecule has 0 aromatic carbocycles. The number of hydrogen-bond acceptors (Lipinski definition) is 3. The predicted molar refractivity (Wildman–Crippen MR) is 56.2 cm³/mol. The molecule has 1 aromatic rings. The van der Waals surface area contributed by atoms with Crippen LogP contribution >= 0.6 is 0 Å². The lowest BCUT2D eigenvalue weighted by molar-refractivity contribution is 0.131. The van der Waals surface area contributed by atoms with Gasteiger partial charge in [-0.15, -0.1) is 0 Å². The Balaban J connectivity index is 1.93. The molecule has 0 radical (unpaired) electrons. The summed E-state index contributed by atoms with van der Waals surface area (Å²) in [5.74, 6) is -0.221. The van der Waals surface area contributed by atoms with Crippen LogP contribution < -0.4 is 4.74 Å². The van der Waals surface area contributed by atoms with E-state index in [-0.39, 0.29) is 17.9 Å². The van der Waals surface area contributed by atoms with Gasteiger partial charge in [0, 0.05) is 12.1 Å². The summed E-state index contributed by atoms with van der Waals surface area (Å²) in [6.45, 7) is 0. The molecule has 0 amide bonds. The van der Waals surface area contributed by atoms with E-state index in [1.165, 1.54) is 18.3 Å². The van der Waals surface area contributed by atoms with Crippen LogP contribution in [0.4, 0.5) is 4.39 Å². The first-order chi connectivity index (χ1) is 7.79. The van der Waals surface area contributed by atoms with Crippen LogP contribution in [0.25, 0.3) is 0 Å². The molecule has 0 aliphatic heterocycles. The molecule has 16 heavy (non-hydrogen) atoms. The molecule has 1 fully saturated rings. The molecule has 1 aliphatic carbocycles. The molecule has 0 bridgehead atoms. The largest absolute Gasteiger partial charge is 0.472 e. The first-order valence-electron chi connectivity index (χ1n) is 5.46. The topological polar surface area (TPSA) is 45.9 Å². The molecular formula is C12H13FN2O. The van der Waals surface area contributed by atoms with Gasteiger partial charge in [-0.25, -0.2) is 9.37 Å². The summed E-state index contributed by atoms with van der Waals surface area (Å²) in [6, 6.07) is 5.13. The number of rotatable bonds is 2. The van der Waals surface area contributed by atoms with Crippen LogP contribution in [0.15, 0.2) is 18.3 Å². The molecule has 1 aromatic heterocycles. The number of nitrogens with zero attached hydrogens (tertiary/aromatic N) is 2. The zero-order valence-corrected chi connectivity index (χ0v) is 8.90. The van der Waals surface area contributed by atoms with Gasteiger partial charge in [-0.1, -0.05) is 0 Å². The Labute approximate surface area is 93.9 Å². The summed E-state index contributed by atoms with van der Waals surface area (Å²) in [5, 5.41) is 8.75. The molecule has 1 heterocycles. The molecule has 2 rings (SSSR count). The third-order valence-corrected chi connectivity index (χ3v) is 2.86. The number of ether oxygens (including phenoxy) is 1. The van der Waals surface area contributed by atoms with Crippen molar-refractivity contribution in [2.75, 3.05) is 0 Å². The predicted octanol–water partition coefficient (Wildman–Crippen LogP) is 2.68. The highest BCUT2D eigenvalue weighted by atomic mass is 19.1. The van der Waals surface area contributed by atoms with E-state index in [2.05, 4.69) is 11.1 Å². The number of aromatic nitrogens is 1. The van der Waals surface area contributed by atoms with Crippen molar-refractivity contribution in [2.24, 2.45) is 5.92 Å². The Kier molecular flexibility index (Phi) is 3.35. The van der Waals surface area contributed by atoms with Gasteiger partial charge in [-0.05, 0) is 37.8 Å². The van der Waals surface area contributed by atoms with Crippen LogP contribution in [-0.4, -0.2) is 11.1 Å². The minimum Gasteiger partial charge on any atom is -0.472 e. The van der Waals surface area contributed by atoms with Gasteiger partial charge in [0.15, 0.2) is 5.82 Å². The normalized spacial score (nSPS) is 24.8. The van der Waals surface area contributed by atoms with Crippen molar-refractivity contribution in [1.82, 2.24) is 4.98 Å². The Morgan fingerprint density at radius 1 is 1.38 bits per heavy atom. The molecule has 0 unspecified atom stereocenters. The highest BCUT2D eigenvalue weighted by Crippen LogP contribution is 2.27. The highest BCUT2D eigenvalue weighted by molar-refractivity contribution is 5.13. The van der Waals surface area contributed by atoms with Gasteiger partial charge in [-0.2, -0.15) is 5.26 Å². The van der Waals surface area contributed by atoms with E-state index in [4.69, 9.17) is 10.00 Å². The fourth-order valence-electron chi connectivity index (χ4n) is 1.93. The van der Waals surface area contributed by atoms with Crippen molar-refractivity contribution in [3.63, 3.8) is 0 Å². The quantitative estimate of drug-likeness (QED) is 0.769. The van der Waals surface area contributed by atoms with Crippen LogP contribution in [-0.2, 0) is 0 Å². The molecule has 1 aliphatic rings. The second kappa shape index (κ2) is 4.93. The summed E-state index contributed by atoms with van der Waals surface area (Å²) in [6.07, 6.45) is 4.77. The first kappa shape index (κ1) is 10.9. The van der Waals surface area contributed by atoms with Gasteiger partial charge in [-0.3, -0.25) is 0 Å². The van der Waals surface area contributed by atoms with E-state index in [9.17, 15) is 4.39 Å². The van der Waals surface area contributed by atoms with Crippen molar-refractivity contribution in [1.29, 1.82) is 5.26 Å². The molecule has 0 spiro atoms. The molecule has 0 atom stereocenters. The maximum absolute atomic E-state index is 13.2. The summed E-state index contributed by atoms with van der Waals surface area (Å²) in [4.78, 5) is 3.85. The molecule has 84 valence electrons. The van der Waals surface area contributed by atoms with Crippen molar-refractivity contribution in [3.8, 4) is 11.9 Å². The molecule has 1 saturated carbocycles. The summed E-state index contributed by atoms with van der Waals surface area (Å²) < 4.78 is 18.7. The van der Waals surface area contributed by atoms with E-state index in [1.54, 1.807) is 0 Å². The fraction of sp³-hybridized carbons (Fsp3) is 0.500. The first-order valence-corrected chi connectivity index (χ1v) is 5.46. The SMILES string of the molecule is N#CC1CCC(Oc2ncccc2F)CC1. The van der Waals surface area contributed by atoms with Crippen molar-refractivity contribution in [2.45, 2.75) is 31.8 Å². The van der Waals surface area contributed by atoms with E-state index < -0.39 is 5.82 Å². The molecular weight excluding hydrogens is 207 g/mol. The molecule has 3 nitrogen and oxygen atoms in total. The average molecular weight is 220 g/mol. The Hall–Kier alpha value is -1.63. The Morgan fingerprint density at radius 2 is 2.12 bits per heavy atom. The highest BCUT2D eigenvalue weighted by Gasteiger charge is 2.23. The van der Waals surface area contributed by atoms with Crippen molar-refractivity contribution >= 4 is 0 Å². The van der Waals surface area contributed by atoms with Gasteiger partial charge in [0.25, 0.3) is 5.88 Å². The second-order valence-corrected chi connectivity index (χ2v) is 4.01. The van der Waals surface area contributed by atoms with Crippen LogP contribution in [0.2, 0.25) is 0 Å². The second-order valence-electron chi connectivity index (χ2n) is 4.01. The zero-order valence-electron chi connectivity index (χ0n) is 8.90. The monoisotopic (exact) mass is 220 g/mol. The summed E-state index contributed by atoms with van der Waals surface area (Å²) in [5.41, 5.74) is 0. The Bertz CT molecular complexity index is 394. The molecule has 4 heteroatoms. The number of nitriles is 1. The molecule has 0 N–H and O–H groups in total. The lowest BCUT2D eigenvalue weighted by atomic mass is 9.88. The van der Waals surface area contributed by atoms with Crippen molar-refractivity contribution in [3.05, 3.63) is 24.1 Å². The van der Waals surface area contributed by atoms with Crippen LogP contribution in [0.5, 0.6) is 5.88 Å². The minimum atomic E-state index is -0.426. The number of pyridine rings is 1. The van der Waals surface area contributed by atoms with Gasteiger partial charge < -0.3 is 4.74 Å². The lowest BCUT2D eigenvalue weighted by Crippen LogP contribution is -2.24. The van der Waals surface area contributed by atoms with E-state index >= 15 is 0 Å². The summed E-state index contributed by atoms with van der Waals surface area (Å²) >= 11 is 0. The van der Waals surface area contributed by atoms with E-state index in [0.717, 1.165) is 25.7 Å². The zero-order chi connectivity index (χ0) is 11.4. The fourth-order valence-corrected chi connectivity index (χ4v) is 1.93.